The molecule has 0 fully saturated rings. The lowest BCUT2D eigenvalue weighted by Gasteiger charge is -2.24. The van der Waals surface area contributed by atoms with Crippen LogP contribution in [-0.4, -0.2) is 99.0 Å². The zero-order chi connectivity index (χ0) is 34.5. The predicted molar refractivity (Wildman–Crippen MR) is 182 cm³/mol. The van der Waals surface area contributed by atoms with Crippen LogP contribution < -0.4 is 26.6 Å². The largest absolute Gasteiger partial charge is 0.460 e. The van der Waals surface area contributed by atoms with E-state index in [9.17, 15) is 19.2 Å². The van der Waals surface area contributed by atoms with Gasteiger partial charge in [-0.1, -0.05) is 48.5 Å². The van der Waals surface area contributed by atoms with Crippen molar-refractivity contribution in [1.29, 1.82) is 0 Å². The second-order valence-electron chi connectivity index (χ2n) is 13.5. The van der Waals surface area contributed by atoms with Gasteiger partial charge in [-0.25, -0.2) is 9.59 Å². The van der Waals surface area contributed by atoms with Crippen molar-refractivity contribution in [1.82, 2.24) is 31.5 Å². The van der Waals surface area contributed by atoms with Crippen molar-refractivity contribution in [2.45, 2.75) is 65.0 Å². The minimum atomic E-state index is -0.629. The Balaban J connectivity index is 1.46. The molecule has 0 radical (unpaired) electrons. The van der Waals surface area contributed by atoms with Gasteiger partial charge in [0.15, 0.2) is 0 Å². The topological polar surface area (TPSA) is 150 Å². The number of esters is 1. The summed E-state index contributed by atoms with van der Waals surface area (Å²) in [6.45, 7) is 14.0. The number of amides is 4. The molecule has 5 N–H and O–H groups in total. The van der Waals surface area contributed by atoms with Crippen LogP contribution in [0, 0.1) is 0 Å². The fourth-order valence-corrected chi connectivity index (χ4v) is 5.14. The Bertz CT molecular complexity index is 1310. The maximum atomic E-state index is 13.3. The second-order valence-corrected chi connectivity index (χ2v) is 13.5. The number of hydrogen-bond acceptors (Lipinski definition) is 8. The van der Waals surface area contributed by atoms with Crippen LogP contribution in [0.15, 0.2) is 48.5 Å². The van der Waals surface area contributed by atoms with E-state index in [4.69, 9.17) is 9.47 Å². The van der Waals surface area contributed by atoms with Gasteiger partial charge in [-0.15, -0.1) is 0 Å². The van der Waals surface area contributed by atoms with Crippen molar-refractivity contribution in [3.8, 4) is 11.1 Å². The first-order chi connectivity index (χ1) is 22.2. The molecule has 1 aliphatic carbocycles. The van der Waals surface area contributed by atoms with E-state index in [0.717, 1.165) is 22.3 Å². The Morgan fingerprint density at radius 2 is 1.32 bits per heavy atom. The van der Waals surface area contributed by atoms with Crippen LogP contribution in [0.25, 0.3) is 11.1 Å². The van der Waals surface area contributed by atoms with Crippen LogP contribution in [0.1, 0.15) is 65.0 Å². The summed E-state index contributed by atoms with van der Waals surface area (Å²) in [7, 11) is 0. The molecule has 12 nitrogen and oxygen atoms in total. The number of nitrogens with one attached hydrogen (secondary N) is 5. The fraction of sp³-hybridized carbons (Fsp3) is 0.543. The molecule has 2 aromatic rings. The Morgan fingerprint density at radius 1 is 0.745 bits per heavy atom. The molecule has 0 aliphatic heterocycles. The van der Waals surface area contributed by atoms with Crippen LogP contribution in [0.5, 0.6) is 0 Å². The van der Waals surface area contributed by atoms with Crippen LogP contribution in [0.4, 0.5) is 9.59 Å². The highest BCUT2D eigenvalue weighted by atomic mass is 16.6. The molecule has 0 unspecified atom stereocenters. The Morgan fingerprint density at radius 3 is 1.91 bits per heavy atom. The monoisotopic (exact) mass is 652 g/mol. The van der Waals surface area contributed by atoms with Gasteiger partial charge >= 0.3 is 18.1 Å². The van der Waals surface area contributed by atoms with E-state index >= 15 is 0 Å². The van der Waals surface area contributed by atoms with E-state index in [2.05, 4.69) is 38.7 Å². The molecule has 12 heteroatoms. The van der Waals surface area contributed by atoms with E-state index in [0.29, 0.717) is 39.1 Å². The highest BCUT2D eigenvalue weighted by Gasteiger charge is 2.30. The lowest BCUT2D eigenvalue weighted by Crippen LogP contribution is -2.49. The van der Waals surface area contributed by atoms with Crippen LogP contribution in [-0.2, 0) is 19.1 Å². The number of carbonyl (C=O) groups is 4. The number of rotatable bonds is 16. The normalized spacial score (nSPS) is 12.5. The van der Waals surface area contributed by atoms with Crippen molar-refractivity contribution in [3.05, 3.63) is 59.7 Å². The zero-order valence-electron chi connectivity index (χ0n) is 28.7. The fourth-order valence-electron chi connectivity index (χ4n) is 5.14. The Labute approximate surface area is 278 Å². The molecule has 0 saturated heterocycles. The first-order valence-electron chi connectivity index (χ1n) is 16.3. The molecule has 0 bridgehead atoms. The summed E-state index contributed by atoms with van der Waals surface area (Å²) in [5.74, 6) is -0.692. The second kappa shape index (κ2) is 17.7. The smallest absolute Gasteiger partial charge is 0.410 e. The van der Waals surface area contributed by atoms with Gasteiger partial charge in [0.25, 0.3) is 0 Å². The van der Waals surface area contributed by atoms with E-state index < -0.39 is 17.2 Å². The SMILES string of the molecule is CC(C)(C)NC(=O)NCCN(CC(=O)NCCNCCNCCC(=O)OC(C)(C)C)C(=O)OCC1c2ccccc2-c2ccccc21. The number of urea groups is 1. The van der Waals surface area contributed by atoms with Gasteiger partial charge in [-0.2, -0.15) is 0 Å². The summed E-state index contributed by atoms with van der Waals surface area (Å²) in [6.07, 6.45) is -0.333. The average molecular weight is 653 g/mol. The minimum absolute atomic E-state index is 0.0921. The molecule has 0 heterocycles. The summed E-state index contributed by atoms with van der Waals surface area (Å²) >= 11 is 0. The maximum Gasteiger partial charge on any atom is 0.410 e. The predicted octanol–water partition coefficient (Wildman–Crippen LogP) is 3.36. The van der Waals surface area contributed by atoms with E-state index in [1.165, 1.54) is 4.90 Å². The van der Waals surface area contributed by atoms with Gasteiger partial charge in [0.2, 0.25) is 5.91 Å². The number of nitrogens with zero attached hydrogens (tertiary/aromatic N) is 1. The van der Waals surface area contributed by atoms with Gasteiger partial charge < -0.3 is 36.1 Å². The summed E-state index contributed by atoms with van der Waals surface area (Å²) in [5.41, 5.74) is 3.53. The first kappa shape index (κ1) is 37.3. The molecule has 47 heavy (non-hydrogen) atoms. The highest BCUT2D eigenvalue weighted by Crippen LogP contribution is 2.44. The van der Waals surface area contributed by atoms with E-state index in [-0.39, 0.29) is 50.1 Å². The number of fused-ring (bicyclic) bond motifs is 3. The third kappa shape index (κ3) is 13.2. The van der Waals surface area contributed by atoms with Crippen molar-refractivity contribution in [2.75, 3.05) is 59.0 Å². The van der Waals surface area contributed by atoms with Gasteiger partial charge in [0, 0.05) is 57.3 Å². The van der Waals surface area contributed by atoms with E-state index in [1.807, 2.05) is 77.9 Å². The molecule has 3 rings (SSSR count). The maximum absolute atomic E-state index is 13.3. The Kier molecular flexibility index (Phi) is 14.0. The molecule has 2 aromatic carbocycles. The van der Waals surface area contributed by atoms with Gasteiger partial charge in [0.1, 0.15) is 18.8 Å². The van der Waals surface area contributed by atoms with Crippen LogP contribution in [0.2, 0.25) is 0 Å². The number of ether oxygens (including phenoxy) is 2. The lowest BCUT2D eigenvalue weighted by atomic mass is 9.98. The molecule has 0 aromatic heterocycles. The van der Waals surface area contributed by atoms with Crippen molar-refractivity contribution >= 4 is 24.0 Å². The quantitative estimate of drug-likeness (QED) is 0.137. The number of carbonyl (C=O) groups excluding carboxylic acids is 4. The number of benzene rings is 2. The molecular formula is C35H52N6O6. The van der Waals surface area contributed by atoms with Crippen molar-refractivity contribution < 1.29 is 28.7 Å². The summed E-state index contributed by atoms with van der Waals surface area (Å²) in [4.78, 5) is 51.5. The summed E-state index contributed by atoms with van der Waals surface area (Å²) in [6, 6.07) is 15.8. The molecule has 0 saturated carbocycles. The average Bonchev–Trinajstić information content (AvgIpc) is 3.30. The summed E-state index contributed by atoms with van der Waals surface area (Å²) < 4.78 is 11.1. The molecule has 258 valence electrons. The molecular weight excluding hydrogens is 600 g/mol. The standard InChI is InChI=1S/C35H52N6O6/c1-34(2,3)40-32(44)39-21-22-41(23-30(42)38-20-19-37-18-17-36-16-15-31(43)47-35(4,5)6)33(45)46-24-29-27-13-9-7-11-25(27)26-12-8-10-14-28(26)29/h7-14,29,36-37H,15-24H2,1-6H3,(H,38,42)(H2,39,40,44). The molecule has 1 aliphatic rings. The minimum Gasteiger partial charge on any atom is -0.460 e. The molecule has 4 amide bonds. The summed E-state index contributed by atoms with van der Waals surface area (Å²) in [5, 5.41) is 14.8. The highest BCUT2D eigenvalue weighted by molar-refractivity contribution is 5.83. The third-order valence-electron chi connectivity index (χ3n) is 7.11. The van der Waals surface area contributed by atoms with Crippen LogP contribution >= 0.6 is 0 Å². The molecule has 0 atom stereocenters. The molecule has 0 spiro atoms. The van der Waals surface area contributed by atoms with Gasteiger partial charge in [-0.05, 0) is 63.8 Å². The van der Waals surface area contributed by atoms with E-state index in [1.54, 1.807) is 0 Å². The van der Waals surface area contributed by atoms with Crippen molar-refractivity contribution in [2.24, 2.45) is 0 Å². The number of hydrogen-bond donors (Lipinski definition) is 5. The van der Waals surface area contributed by atoms with Gasteiger partial charge in [0.05, 0.1) is 6.42 Å². The Hall–Kier alpha value is -4.16. The lowest BCUT2D eigenvalue weighted by molar-refractivity contribution is -0.154. The zero-order valence-corrected chi connectivity index (χ0v) is 28.7. The van der Waals surface area contributed by atoms with Crippen molar-refractivity contribution in [3.63, 3.8) is 0 Å². The van der Waals surface area contributed by atoms with Crippen LogP contribution in [0.3, 0.4) is 0 Å². The first-order valence-corrected chi connectivity index (χ1v) is 16.3. The van der Waals surface area contributed by atoms with Gasteiger partial charge in [-0.3, -0.25) is 14.5 Å². The third-order valence-corrected chi connectivity index (χ3v) is 7.11.